The summed E-state index contributed by atoms with van der Waals surface area (Å²) >= 11 is 0. The molecule has 64 valence electrons. The molecule has 0 spiro atoms. The maximum Gasteiger partial charge on any atom is -0.00463 e. The van der Waals surface area contributed by atoms with Crippen LogP contribution >= 0.6 is 0 Å². The minimum Gasteiger partial charge on any atom is -0.317 e. The van der Waals surface area contributed by atoms with Crippen LogP contribution in [0.3, 0.4) is 0 Å². The average Bonchev–Trinajstić information content (AvgIpc) is 2.07. The third-order valence-electron chi connectivity index (χ3n) is 2.48. The zero-order chi connectivity index (χ0) is 7.94. The van der Waals surface area contributed by atoms with Crippen molar-refractivity contribution >= 4 is 0 Å². The molecule has 1 heterocycles. The monoisotopic (exact) mass is 153 g/mol. The summed E-state index contributed by atoms with van der Waals surface area (Å²) in [6.45, 7) is 6.20. The molecule has 0 unspecified atom stereocenters. The molecule has 0 aromatic heterocycles. The van der Waals surface area contributed by atoms with Crippen LogP contribution in [0.15, 0.2) is 12.7 Å². The minimum atomic E-state index is 0.996. The van der Waals surface area contributed by atoms with Crippen molar-refractivity contribution in [1.29, 1.82) is 0 Å². The predicted octanol–water partition coefficient (Wildman–Crippen LogP) is 2.34. The number of nitrogens with one attached hydrogen (secondary N) is 1. The van der Waals surface area contributed by atoms with E-state index in [0.717, 1.165) is 5.92 Å². The summed E-state index contributed by atoms with van der Waals surface area (Å²) in [4.78, 5) is 0. The first-order chi connectivity index (χ1) is 5.43. The topological polar surface area (TPSA) is 12.0 Å². The van der Waals surface area contributed by atoms with Gasteiger partial charge in [0.05, 0.1) is 0 Å². The van der Waals surface area contributed by atoms with Gasteiger partial charge in [0.2, 0.25) is 0 Å². The van der Waals surface area contributed by atoms with Crippen molar-refractivity contribution in [2.75, 3.05) is 13.1 Å². The van der Waals surface area contributed by atoms with Gasteiger partial charge in [-0.05, 0) is 44.7 Å². The number of unbranched alkanes of at least 4 members (excludes halogenated alkanes) is 1. The highest BCUT2D eigenvalue weighted by Gasteiger charge is 2.11. The molecule has 1 aliphatic rings. The van der Waals surface area contributed by atoms with Crippen LogP contribution in [0, 0.1) is 5.92 Å². The molecular weight excluding hydrogens is 134 g/mol. The van der Waals surface area contributed by atoms with Gasteiger partial charge in [-0.15, -0.1) is 6.58 Å². The second kappa shape index (κ2) is 5.36. The second-order valence-corrected chi connectivity index (χ2v) is 3.41. The van der Waals surface area contributed by atoms with Gasteiger partial charge in [0.15, 0.2) is 0 Å². The van der Waals surface area contributed by atoms with Crippen LogP contribution in [-0.2, 0) is 0 Å². The lowest BCUT2D eigenvalue weighted by molar-refractivity contribution is 0.348. The molecule has 0 aromatic rings. The molecule has 0 bridgehead atoms. The molecule has 1 N–H and O–H groups in total. The van der Waals surface area contributed by atoms with Crippen LogP contribution in [0.5, 0.6) is 0 Å². The Morgan fingerprint density at radius 2 is 2.09 bits per heavy atom. The van der Waals surface area contributed by atoms with E-state index < -0.39 is 0 Å². The molecular formula is C10H19N. The first-order valence-electron chi connectivity index (χ1n) is 4.75. The van der Waals surface area contributed by atoms with Gasteiger partial charge in [0.1, 0.15) is 0 Å². The van der Waals surface area contributed by atoms with Crippen molar-refractivity contribution in [3.8, 4) is 0 Å². The first kappa shape index (κ1) is 8.79. The quantitative estimate of drug-likeness (QED) is 0.483. The molecule has 0 aliphatic carbocycles. The summed E-state index contributed by atoms with van der Waals surface area (Å²) in [6, 6.07) is 0. The summed E-state index contributed by atoms with van der Waals surface area (Å²) in [6.07, 6.45) is 8.75. The van der Waals surface area contributed by atoms with Gasteiger partial charge >= 0.3 is 0 Å². The zero-order valence-electron chi connectivity index (χ0n) is 7.31. The molecule has 0 radical (unpaired) electrons. The van der Waals surface area contributed by atoms with Crippen LogP contribution in [-0.4, -0.2) is 13.1 Å². The lowest BCUT2D eigenvalue weighted by atomic mass is 9.93. The van der Waals surface area contributed by atoms with E-state index in [1.54, 1.807) is 0 Å². The number of rotatable bonds is 4. The summed E-state index contributed by atoms with van der Waals surface area (Å²) in [5, 5.41) is 3.38. The van der Waals surface area contributed by atoms with Crippen LogP contribution in [0.25, 0.3) is 0 Å². The average molecular weight is 153 g/mol. The Morgan fingerprint density at radius 3 is 2.73 bits per heavy atom. The Bertz CT molecular complexity index is 103. The lowest BCUT2D eigenvalue weighted by Gasteiger charge is -2.21. The summed E-state index contributed by atoms with van der Waals surface area (Å²) in [5.41, 5.74) is 0. The molecule has 11 heavy (non-hydrogen) atoms. The van der Waals surface area contributed by atoms with E-state index in [4.69, 9.17) is 0 Å². The van der Waals surface area contributed by atoms with Crippen LogP contribution in [0.1, 0.15) is 32.1 Å². The van der Waals surface area contributed by atoms with Crippen molar-refractivity contribution in [2.24, 2.45) is 5.92 Å². The summed E-state index contributed by atoms with van der Waals surface area (Å²) < 4.78 is 0. The van der Waals surface area contributed by atoms with Gasteiger partial charge in [-0.2, -0.15) is 0 Å². The van der Waals surface area contributed by atoms with Gasteiger partial charge in [-0.1, -0.05) is 12.5 Å². The Labute approximate surface area is 69.9 Å². The van der Waals surface area contributed by atoms with Gasteiger partial charge in [0.25, 0.3) is 0 Å². The van der Waals surface area contributed by atoms with Crippen molar-refractivity contribution < 1.29 is 0 Å². The van der Waals surface area contributed by atoms with Crippen LogP contribution in [0.2, 0.25) is 0 Å². The van der Waals surface area contributed by atoms with E-state index in [1.165, 1.54) is 45.2 Å². The standard InChI is InChI=1S/C10H19N/c1-2-3-4-5-10-6-8-11-9-7-10/h2,10-11H,1,3-9H2. The first-order valence-corrected chi connectivity index (χ1v) is 4.75. The SMILES string of the molecule is C=CCCCC1CCNCC1. The highest BCUT2D eigenvalue weighted by molar-refractivity contribution is 4.71. The van der Waals surface area contributed by atoms with E-state index >= 15 is 0 Å². The minimum absolute atomic E-state index is 0.996. The fourth-order valence-corrected chi connectivity index (χ4v) is 1.72. The van der Waals surface area contributed by atoms with Crippen LogP contribution < -0.4 is 5.32 Å². The van der Waals surface area contributed by atoms with E-state index in [0.29, 0.717) is 0 Å². The summed E-state index contributed by atoms with van der Waals surface area (Å²) in [7, 11) is 0. The van der Waals surface area contributed by atoms with E-state index in [2.05, 4.69) is 11.9 Å². The number of allylic oxidation sites excluding steroid dienone is 1. The zero-order valence-corrected chi connectivity index (χ0v) is 7.31. The highest BCUT2D eigenvalue weighted by atomic mass is 14.9. The molecule has 0 amide bonds. The molecule has 0 aromatic carbocycles. The molecule has 1 saturated heterocycles. The van der Waals surface area contributed by atoms with Gasteiger partial charge in [0, 0.05) is 0 Å². The molecule has 1 fully saturated rings. The van der Waals surface area contributed by atoms with Gasteiger partial charge in [-0.3, -0.25) is 0 Å². The van der Waals surface area contributed by atoms with Crippen molar-refractivity contribution in [3.63, 3.8) is 0 Å². The van der Waals surface area contributed by atoms with Gasteiger partial charge in [-0.25, -0.2) is 0 Å². The Morgan fingerprint density at radius 1 is 1.36 bits per heavy atom. The molecule has 0 saturated carbocycles. The van der Waals surface area contributed by atoms with Gasteiger partial charge < -0.3 is 5.32 Å². The molecule has 1 aliphatic heterocycles. The van der Waals surface area contributed by atoms with E-state index in [9.17, 15) is 0 Å². The summed E-state index contributed by atoms with van der Waals surface area (Å²) in [5.74, 6) is 0.996. The molecule has 1 heteroatoms. The Balaban J connectivity index is 2.00. The number of piperidine rings is 1. The van der Waals surface area contributed by atoms with E-state index in [1.807, 2.05) is 6.08 Å². The van der Waals surface area contributed by atoms with Crippen molar-refractivity contribution in [2.45, 2.75) is 32.1 Å². The maximum absolute atomic E-state index is 3.73. The number of hydrogen-bond donors (Lipinski definition) is 1. The van der Waals surface area contributed by atoms with Crippen molar-refractivity contribution in [3.05, 3.63) is 12.7 Å². The molecule has 1 nitrogen and oxygen atoms in total. The fraction of sp³-hybridized carbons (Fsp3) is 0.800. The smallest absolute Gasteiger partial charge is 0.00463 e. The molecule has 0 atom stereocenters. The molecule has 1 rings (SSSR count). The second-order valence-electron chi connectivity index (χ2n) is 3.41. The van der Waals surface area contributed by atoms with Crippen molar-refractivity contribution in [1.82, 2.24) is 5.32 Å². The Hall–Kier alpha value is -0.300. The number of hydrogen-bond acceptors (Lipinski definition) is 1. The third-order valence-corrected chi connectivity index (χ3v) is 2.48. The highest BCUT2D eigenvalue weighted by Crippen LogP contribution is 2.18. The lowest BCUT2D eigenvalue weighted by Crippen LogP contribution is -2.27. The van der Waals surface area contributed by atoms with Crippen LogP contribution in [0.4, 0.5) is 0 Å². The normalized spacial score (nSPS) is 20.0. The maximum atomic E-state index is 3.73. The van der Waals surface area contributed by atoms with E-state index in [-0.39, 0.29) is 0 Å². The Kier molecular flexibility index (Phi) is 4.29. The fourth-order valence-electron chi connectivity index (χ4n) is 1.72. The third kappa shape index (κ3) is 3.57. The largest absolute Gasteiger partial charge is 0.317 e. The predicted molar refractivity (Wildman–Crippen MR) is 49.6 cm³/mol.